The van der Waals surface area contributed by atoms with E-state index in [2.05, 4.69) is 38.9 Å². The summed E-state index contributed by atoms with van der Waals surface area (Å²) in [6.07, 6.45) is 10.8. The first kappa shape index (κ1) is 28.4. The smallest absolute Gasteiger partial charge is 0.281 e. The maximum atomic E-state index is 13.6. The Balaban J connectivity index is 1.32. The lowest BCUT2D eigenvalue weighted by atomic mass is 9.93. The number of amides is 1. The molecule has 2 aliphatic heterocycles. The van der Waals surface area contributed by atoms with Gasteiger partial charge in [-0.3, -0.25) is 4.79 Å². The SMILES string of the molecule is CC1(C)CC2CCCNc3cccc(n3)S(=O)(=O)NC(=O)c3ccc(-n4ccc(OCCC5CCCC5)n4)nc3N1C2. The Morgan fingerprint density at radius 1 is 1.05 bits per heavy atom. The molecule has 0 radical (unpaired) electrons. The second-order valence-corrected chi connectivity index (χ2v) is 13.9. The topological polar surface area (TPSA) is 131 Å². The van der Waals surface area contributed by atoms with E-state index in [9.17, 15) is 13.2 Å². The fourth-order valence-corrected chi connectivity index (χ4v) is 7.48. The number of pyridine rings is 2. The highest BCUT2D eigenvalue weighted by Gasteiger charge is 2.41. The van der Waals surface area contributed by atoms with Crippen LogP contribution < -0.4 is 19.7 Å². The summed E-state index contributed by atoms with van der Waals surface area (Å²) in [5.74, 6) is 2.31. The summed E-state index contributed by atoms with van der Waals surface area (Å²) in [7, 11) is -4.22. The number of nitrogens with zero attached hydrogens (tertiary/aromatic N) is 5. The van der Waals surface area contributed by atoms with Crippen molar-refractivity contribution < 1.29 is 17.9 Å². The highest BCUT2D eigenvalue weighted by Crippen LogP contribution is 2.39. The van der Waals surface area contributed by atoms with E-state index < -0.39 is 15.9 Å². The van der Waals surface area contributed by atoms with Gasteiger partial charge in [-0.2, -0.15) is 8.42 Å². The molecule has 0 spiro atoms. The molecule has 2 fully saturated rings. The average molecular weight is 594 g/mol. The molecular formula is C30H39N7O4S. The summed E-state index contributed by atoms with van der Waals surface area (Å²) in [5.41, 5.74) is -0.112. The van der Waals surface area contributed by atoms with Gasteiger partial charge in [0.25, 0.3) is 15.9 Å². The first-order valence-electron chi connectivity index (χ1n) is 14.9. The predicted molar refractivity (Wildman–Crippen MR) is 160 cm³/mol. The van der Waals surface area contributed by atoms with Gasteiger partial charge in [0.05, 0.1) is 12.2 Å². The van der Waals surface area contributed by atoms with Gasteiger partial charge in [-0.15, -0.1) is 5.10 Å². The van der Waals surface area contributed by atoms with Crippen LogP contribution in [-0.2, 0) is 10.0 Å². The molecule has 1 aliphatic carbocycles. The first-order valence-corrected chi connectivity index (χ1v) is 16.4. The number of hydrogen-bond acceptors (Lipinski definition) is 9. The van der Waals surface area contributed by atoms with E-state index in [0.717, 1.165) is 31.6 Å². The van der Waals surface area contributed by atoms with Crippen molar-refractivity contribution >= 4 is 27.6 Å². The van der Waals surface area contributed by atoms with Gasteiger partial charge in [0.1, 0.15) is 11.6 Å². The third-order valence-corrected chi connectivity index (χ3v) is 9.92. The van der Waals surface area contributed by atoms with E-state index in [4.69, 9.17) is 9.72 Å². The Hall–Kier alpha value is -3.67. The molecule has 42 heavy (non-hydrogen) atoms. The number of anilines is 2. The Morgan fingerprint density at radius 2 is 1.88 bits per heavy atom. The van der Waals surface area contributed by atoms with E-state index >= 15 is 0 Å². The van der Waals surface area contributed by atoms with Crippen LogP contribution in [0.15, 0.2) is 47.6 Å². The van der Waals surface area contributed by atoms with Crippen LogP contribution in [0.3, 0.4) is 0 Å². The zero-order valence-corrected chi connectivity index (χ0v) is 25.1. The van der Waals surface area contributed by atoms with Crippen molar-refractivity contribution in [2.75, 3.05) is 29.9 Å². The van der Waals surface area contributed by atoms with Gasteiger partial charge in [0, 0.05) is 30.9 Å². The molecule has 2 N–H and O–H groups in total. The third-order valence-electron chi connectivity index (χ3n) is 8.69. The molecule has 4 bridgehead atoms. The van der Waals surface area contributed by atoms with E-state index in [1.807, 2.05) is 6.07 Å². The van der Waals surface area contributed by atoms with Crippen molar-refractivity contribution in [3.8, 4) is 11.7 Å². The lowest BCUT2D eigenvalue weighted by Crippen LogP contribution is -2.41. The number of ether oxygens (including phenoxy) is 1. The number of rotatable bonds is 5. The minimum absolute atomic E-state index is 0.181. The van der Waals surface area contributed by atoms with Crippen LogP contribution >= 0.6 is 0 Å². The summed E-state index contributed by atoms with van der Waals surface area (Å²) in [6, 6.07) is 9.83. The highest BCUT2D eigenvalue weighted by molar-refractivity contribution is 7.90. The molecule has 1 amide bonds. The number of fused-ring (bicyclic) bond motifs is 6. The van der Waals surface area contributed by atoms with E-state index in [1.165, 1.54) is 31.7 Å². The Morgan fingerprint density at radius 3 is 2.71 bits per heavy atom. The lowest BCUT2D eigenvalue weighted by Gasteiger charge is -2.34. The van der Waals surface area contributed by atoms with E-state index in [-0.39, 0.29) is 16.1 Å². The van der Waals surface area contributed by atoms with Crippen LogP contribution in [0.1, 0.15) is 75.6 Å². The second-order valence-electron chi connectivity index (χ2n) is 12.3. The minimum Gasteiger partial charge on any atom is -0.477 e. The maximum absolute atomic E-state index is 13.6. The molecule has 0 aromatic carbocycles. The van der Waals surface area contributed by atoms with Crippen LogP contribution in [0.25, 0.3) is 5.82 Å². The second kappa shape index (κ2) is 11.5. The van der Waals surface area contributed by atoms with Crippen molar-refractivity contribution in [2.24, 2.45) is 11.8 Å². The fraction of sp³-hybridized carbons (Fsp3) is 0.533. The molecule has 1 unspecified atom stereocenters. The number of carbonyl (C=O) groups is 1. The van der Waals surface area contributed by atoms with Crippen LogP contribution in [0.5, 0.6) is 5.88 Å². The van der Waals surface area contributed by atoms with E-state index in [1.54, 1.807) is 35.1 Å². The van der Waals surface area contributed by atoms with Crippen LogP contribution in [0, 0.1) is 11.8 Å². The quantitative estimate of drug-likeness (QED) is 0.437. The summed E-state index contributed by atoms with van der Waals surface area (Å²) in [4.78, 5) is 24.9. The molecule has 3 aromatic rings. The molecular weight excluding hydrogens is 554 g/mol. The van der Waals surface area contributed by atoms with Crippen LogP contribution in [0.2, 0.25) is 0 Å². The molecule has 1 saturated carbocycles. The molecule has 11 nitrogen and oxygen atoms in total. The fourth-order valence-electron chi connectivity index (χ4n) is 6.54. The number of sulfonamides is 1. The van der Waals surface area contributed by atoms with Gasteiger partial charge in [-0.05, 0) is 75.6 Å². The number of nitrogens with one attached hydrogen (secondary N) is 2. The predicted octanol–water partition coefficient (Wildman–Crippen LogP) is 4.55. The molecule has 224 valence electrons. The summed E-state index contributed by atoms with van der Waals surface area (Å²) < 4.78 is 36.2. The van der Waals surface area contributed by atoms with Gasteiger partial charge < -0.3 is 15.0 Å². The van der Waals surface area contributed by atoms with E-state index in [0.29, 0.717) is 48.9 Å². The summed E-state index contributed by atoms with van der Waals surface area (Å²) in [5, 5.41) is 7.58. The largest absolute Gasteiger partial charge is 0.477 e. The standard InChI is InChI=1S/C30H39N7O4S/c1-30(2)19-22-9-6-16-31-24-10-5-11-27(32-24)42(39,40)35-29(38)23-12-13-25(33-28(23)36(30)20-22)37-17-14-26(34-37)41-18-15-21-7-3-4-8-21/h5,10-14,17,21-22H,3-4,6-9,15-16,18-20H2,1-2H3,(H,31,32)(H,35,38). The monoisotopic (exact) mass is 593 g/mol. The van der Waals surface area contributed by atoms with Crippen molar-refractivity contribution in [3.05, 3.63) is 48.2 Å². The molecule has 6 rings (SSSR count). The van der Waals surface area contributed by atoms with Gasteiger partial charge >= 0.3 is 0 Å². The number of hydrogen-bond donors (Lipinski definition) is 2. The number of carbonyl (C=O) groups excluding carboxylic acids is 1. The molecule has 1 atom stereocenters. The van der Waals surface area contributed by atoms with Crippen LogP contribution in [0.4, 0.5) is 11.6 Å². The zero-order valence-electron chi connectivity index (χ0n) is 24.3. The summed E-state index contributed by atoms with van der Waals surface area (Å²) in [6.45, 7) is 6.28. The summed E-state index contributed by atoms with van der Waals surface area (Å²) >= 11 is 0. The maximum Gasteiger partial charge on any atom is 0.281 e. The normalized spacial score (nSPS) is 22.0. The van der Waals surface area contributed by atoms with Crippen molar-refractivity contribution in [3.63, 3.8) is 0 Å². The first-order chi connectivity index (χ1) is 20.2. The lowest BCUT2D eigenvalue weighted by molar-refractivity contribution is 0.0981. The van der Waals surface area contributed by atoms with Crippen molar-refractivity contribution in [1.29, 1.82) is 0 Å². The van der Waals surface area contributed by atoms with Gasteiger partial charge in [0.15, 0.2) is 10.8 Å². The molecule has 12 heteroatoms. The minimum atomic E-state index is -4.22. The molecule has 3 aliphatic rings. The van der Waals surface area contributed by atoms with Gasteiger partial charge in [-0.1, -0.05) is 31.7 Å². The highest BCUT2D eigenvalue weighted by atomic mass is 32.2. The Labute approximate surface area is 247 Å². The van der Waals surface area contributed by atoms with Crippen molar-refractivity contribution in [2.45, 2.75) is 75.8 Å². The van der Waals surface area contributed by atoms with Crippen LogP contribution in [-0.4, -0.2) is 59.3 Å². The van der Waals surface area contributed by atoms with Crippen molar-refractivity contribution in [1.82, 2.24) is 24.5 Å². The van der Waals surface area contributed by atoms with Gasteiger partial charge in [-0.25, -0.2) is 19.4 Å². The molecule has 3 aromatic heterocycles. The molecule has 1 saturated heterocycles. The van der Waals surface area contributed by atoms with Gasteiger partial charge in [0.2, 0.25) is 5.88 Å². The Kier molecular flexibility index (Phi) is 7.82. The zero-order chi connectivity index (χ0) is 29.3. The Bertz CT molecular complexity index is 1550. The molecule has 5 heterocycles. The number of aromatic nitrogens is 4. The third kappa shape index (κ3) is 6.08. The average Bonchev–Trinajstić information content (AvgIpc) is 3.71.